The molecule has 1 saturated heterocycles. The third-order valence-corrected chi connectivity index (χ3v) is 2.97. The van der Waals surface area contributed by atoms with Crippen LogP contribution in [0.1, 0.15) is 12.8 Å². The van der Waals surface area contributed by atoms with Crippen molar-refractivity contribution in [3.63, 3.8) is 0 Å². The Bertz CT molecular complexity index is 174. The number of phosphoric ester groups is 1. The quantitative estimate of drug-likeness (QED) is 0.607. The summed E-state index contributed by atoms with van der Waals surface area (Å²) < 4.78 is 19.9. The number of rotatable bonds is 3. The maximum Gasteiger partial charge on any atom is 0.472 e. The molecule has 6 heteroatoms. The van der Waals surface area contributed by atoms with Crippen molar-refractivity contribution in [2.75, 3.05) is 11.9 Å². The van der Waals surface area contributed by atoms with Crippen molar-refractivity contribution in [2.45, 2.75) is 18.9 Å². The second-order valence-corrected chi connectivity index (χ2v) is 4.52. The van der Waals surface area contributed by atoms with Crippen molar-refractivity contribution in [1.82, 2.24) is 0 Å². The molecule has 1 fully saturated rings. The summed E-state index contributed by atoms with van der Waals surface area (Å²) >= 11 is 3.26. The van der Waals surface area contributed by atoms with Gasteiger partial charge in [-0.15, -0.1) is 0 Å². The highest BCUT2D eigenvalue weighted by atomic mass is 79.9. The predicted molar refractivity (Wildman–Crippen MR) is 43.7 cm³/mol. The first-order chi connectivity index (χ1) is 5.14. The molecule has 11 heavy (non-hydrogen) atoms. The lowest BCUT2D eigenvalue weighted by Crippen LogP contribution is -2.08. The van der Waals surface area contributed by atoms with E-state index in [0.29, 0.717) is 0 Å². The molecule has 1 aliphatic heterocycles. The standard InChI is InChI=1S/C5H10BrO4P/c6-3-1-2-5-4-9-11(7,8)10-5/h5H,1-4H2,(H,7,8). The van der Waals surface area contributed by atoms with Gasteiger partial charge in [-0.1, -0.05) is 15.9 Å². The smallest absolute Gasteiger partial charge is 0.302 e. The van der Waals surface area contributed by atoms with E-state index in [1.54, 1.807) is 0 Å². The predicted octanol–water partition coefficient (Wildman–Crippen LogP) is 1.68. The molecule has 0 radical (unpaired) electrons. The molecule has 1 N–H and O–H groups in total. The van der Waals surface area contributed by atoms with Crippen LogP contribution >= 0.6 is 23.8 Å². The Balaban J connectivity index is 2.25. The van der Waals surface area contributed by atoms with Crippen LogP contribution in [0.4, 0.5) is 0 Å². The van der Waals surface area contributed by atoms with Gasteiger partial charge in [0, 0.05) is 5.33 Å². The molecule has 0 bridgehead atoms. The van der Waals surface area contributed by atoms with E-state index in [1.807, 2.05) is 0 Å². The number of alkyl halides is 1. The minimum atomic E-state index is -3.65. The Morgan fingerprint density at radius 1 is 1.73 bits per heavy atom. The fourth-order valence-electron chi connectivity index (χ4n) is 0.867. The third kappa shape index (κ3) is 3.22. The zero-order chi connectivity index (χ0) is 8.32. The van der Waals surface area contributed by atoms with E-state index in [2.05, 4.69) is 20.5 Å². The van der Waals surface area contributed by atoms with Gasteiger partial charge in [0.1, 0.15) is 0 Å². The molecule has 0 amide bonds. The molecular formula is C5H10BrO4P. The van der Waals surface area contributed by atoms with Gasteiger partial charge >= 0.3 is 7.82 Å². The van der Waals surface area contributed by atoms with Crippen molar-refractivity contribution >= 4 is 23.8 Å². The third-order valence-electron chi connectivity index (χ3n) is 1.37. The molecule has 2 atom stereocenters. The summed E-state index contributed by atoms with van der Waals surface area (Å²) in [4.78, 5) is 8.76. The minimum Gasteiger partial charge on any atom is -0.302 e. The first kappa shape index (κ1) is 9.68. The van der Waals surface area contributed by atoms with Crippen LogP contribution in [0.3, 0.4) is 0 Å². The molecule has 1 rings (SSSR count). The van der Waals surface area contributed by atoms with Crippen LogP contribution in [-0.4, -0.2) is 22.9 Å². The van der Waals surface area contributed by atoms with Crippen molar-refractivity contribution in [3.8, 4) is 0 Å². The van der Waals surface area contributed by atoms with Gasteiger partial charge in [0.15, 0.2) is 0 Å². The molecule has 0 aromatic rings. The second kappa shape index (κ2) is 4.01. The maximum absolute atomic E-state index is 10.7. The summed E-state index contributed by atoms with van der Waals surface area (Å²) in [5, 5.41) is 0.878. The van der Waals surface area contributed by atoms with E-state index >= 15 is 0 Å². The molecule has 2 unspecified atom stereocenters. The Labute approximate surface area is 73.6 Å². The lowest BCUT2D eigenvalue weighted by Gasteiger charge is -2.04. The van der Waals surface area contributed by atoms with Gasteiger partial charge in [-0.25, -0.2) is 4.57 Å². The van der Waals surface area contributed by atoms with Crippen LogP contribution in [-0.2, 0) is 13.6 Å². The first-order valence-electron chi connectivity index (χ1n) is 3.36. The summed E-state index contributed by atoms with van der Waals surface area (Å²) in [5.41, 5.74) is 0. The molecule has 0 aromatic carbocycles. The summed E-state index contributed by atoms with van der Waals surface area (Å²) in [6.07, 6.45) is 1.48. The molecule has 0 aliphatic carbocycles. The minimum absolute atomic E-state index is 0.205. The highest BCUT2D eigenvalue weighted by Gasteiger charge is 2.34. The number of hydrogen-bond acceptors (Lipinski definition) is 3. The monoisotopic (exact) mass is 244 g/mol. The normalized spacial score (nSPS) is 37.8. The topological polar surface area (TPSA) is 55.8 Å². The lowest BCUT2D eigenvalue weighted by molar-refractivity contribution is 0.204. The molecule has 0 aromatic heterocycles. The highest BCUT2D eigenvalue weighted by Crippen LogP contribution is 2.50. The van der Waals surface area contributed by atoms with Crippen molar-refractivity contribution in [1.29, 1.82) is 0 Å². The zero-order valence-electron chi connectivity index (χ0n) is 5.90. The number of hydrogen-bond donors (Lipinski definition) is 1. The van der Waals surface area contributed by atoms with Crippen LogP contribution in [0.2, 0.25) is 0 Å². The van der Waals surface area contributed by atoms with Gasteiger partial charge in [-0.3, -0.25) is 9.05 Å². The Morgan fingerprint density at radius 3 is 2.91 bits per heavy atom. The van der Waals surface area contributed by atoms with Gasteiger partial charge in [-0.05, 0) is 12.8 Å². The van der Waals surface area contributed by atoms with Crippen molar-refractivity contribution < 1.29 is 18.5 Å². The SMILES string of the molecule is O=P1(O)OCC(CCCBr)O1. The van der Waals surface area contributed by atoms with Gasteiger partial charge in [0.2, 0.25) is 0 Å². The molecular weight excluding hydrogens is 235 g/mol. The van der Waals surface area contributed by atoms with Crippen LogP contribution < -0.4 is 0 Å². The van der Waals surface area contributed by atoms with Crippen molar-refractivity contribution in [3.05, 3.63) is 0 Å². The summed E-state index contributed by atoms with van der Waals surface area (Å²) in [5.74, 6) is 0. The number of halogens is 1. The summed E-state index contributed by atoms with van der Waals surface area (Å²) in [6, 6.07) is 0. The largest absolute Gasteiger partial charge is 0.472 e. The molecule has 66 valence electrons. The van der Waals surface area contributed by atoms with Crippen LogP contribution in [0.5, 0.6) is 0 Å². The summed E-state index contributed by atoms with van der Waals surface area (Å²) in [7, 11) is -3.65. The van der Waals surface area contributed by atoms with Crippen LogP contribution in [0.15, 0.2) is 0 Å². The van der Waals surface area contributed by atoms with E-state index in [4.69, 9.17) is 9.42 Å². The number of phosphoric acid groups is 1. The molecule has 0 spiro atoms. The fraction of sp³-hybridized carbons (Fsp3) is 1.00. The molecule has 1 aliphatic rings. The van der Waals surface area contributed by atoms with Gasteiger partial charge in [0.25, 0.3) is 0 Å². The molecule has 4 nitrogen and oxygen atoms in total. The van der Waals surface area contributed by atoms with Crippen molar-refractivity contribution in [2.24, 2.45) is 0 Å². The van der Waals surface area contributed by atoms with E-state index in [-0.39, 0.29) is 12.7 Å². The second-order valence-electron chi connectivity index (χ2n) is 2.32. The van der Waals surface area contributed by atoms with Gasteiger partial charge in [0.05, 0.1) is 12.7 Å². The average molecular weight is 245 g/mol. The van der Waals surface area contributed by atoms with E-state index in [9.17, 15) is 4.57 Å². The average Bonchev–Trinajstić information content (AvgIpc) is 2.26. The van der Waals surface area contributed by atoms with E-state index in [0.717, 1.165) is 18.2 Å². The lowest BCUT2D eigenvalue weighted by atomic mass is 10.2. The van der Waals surface area contributed by atoms with Crippen LogP contribution in [0.25, 0.3) is 0 Å². The van der Waals surface area contributed by atoms with Crippen LogP contribution in [0, 0.1) is 0 Å². The Hall–Kier alpha value is 0.590. The van der Waals surface area contributed by atoms with E-state index in [1.165, 1.54) is 0 Å². The Kier molecular flexibility index (Phi) is 3.52. The Morgan fingerprint density at radius 2 is 2.45 bits per heavy atom. The molecule has 1 heterocycles. The first-order valence-corrected chi connectivity index (χ1v) is 5.97. The molecule has 0 saturated carbocycles. The summed E-state index contributed by atoms with van der Waals surface area (Å²) in [6.45, 7) is 0.237. The fourth-order valence-corrected chi connectivity index (χ4v) is 2.15. The zero-order valence-corrected chi connectivity index (χ0v) is 8.38. The highest BCUT2D eigenvalue weighted by molar-refractivity contribution is 9.09. The van der Waals surface area contributed by atoms with E-state index < -0.39 is 7.82 Å². The maximum atomic E-state index is 10.7. The van der Waals surface area contributed by atoms with Gasteiger partial charge < -0.3 is 4.89 Å². The van der Waals surface area contributed by atoms with Gasteiger partial charge in [-0.2, -0.15) is 0 Å².